The highest BCUT2D eigenvalue weighted by Gasteiger charge is 2.34. The van der Waals surface area contributed by atoms with Gasteiger partial charge in [-0.2, -0.15) is 5.10 Å². The number of fused-ring (bicyclic) bond motifs is 1. The number of aromatic nitrogens is 2. The van der Waals surface area contributed by atoms with Crippen LogP contribution in [0.15, 0.2) is 18.2 Å². The number of ether oxygens (including phenoxy) is 1. The topological polar surface area (TPSA) is 67.7 Å². The van der Waals surface area contributed by atoms with Gasteiger partial charge in [-0.15, -0.1) is 0 Å². The Hall–Kier alpha value is -2.88. The summed E-state index contributed by atoms with van der Waals surface area (Å²) in [5.74, 6) is -1.07. The Morgan fingerprint density at radius 1 is 1.08 bits per heavy atom. The summed E-state index contributed by atoms with van der Waals surface area (Å²) in [5.41, 5.74) is 2.48. The highest BCUT2D eigenvalue weighted by atomic mass is 19.3. The molecule has 200 valence electrons. The molecule has 5 rings (SSSR count). The summed E-state index contributed by atoms with van der Waals surface area (Å²) in [7, 11) is 0. The molecule has 1 aliphatic carbocycles. The molecule has 7 nitrogen and oxygen atoms in total. The fourth-order valence-electron chi connectivity index (χ4n) is 5.98. The van der Waals surface area contributed by atoms with Crippen LogP contribution in [0.5, 0.6) is 0 Å². The van der Waals surface area contributed by atoms with Crippen LogP contribution in [0.1, 0.15) is 78.3 Å². The molecule has 10 heteroatoms. The van der Waals surface area contributed by atoms with Gasteiger partial charge in [-0.3, -0.25) is 14.3 Å². The van der Waals surface area contributed by atoms with Crippen molar-refractivity contribution in [3.05, 3.63) is 52.1 Å². The van der Waals surface area contributed by atoms with Crippen LogP contribution >= 0.6 is 0 Å². The molecule has 0 N–H and O–H groups in total. The number of rotatable bonds is 5. The smallest absolute Gasteiger partial charge is 0.274 e. The van der Waals surface area contributed by atoms with Gasteiger partial charge >= 0.3 is 0 Å². The zero-order valence-electron chi connectivity index (χ0n) is 21.3. The van der Waals surface area contributed by atoms with Crippen molar-refractivity contribution < 1.29 is 27.5 Å². The first-order chi connectivity index (χ1) is 17.7. The van der Waals surface area contributed by atoms with Gasteiger partial charge in [0.15, 0.2) is 5.69 Å². The number of amides is 2. The first-order valence-electron chi connectivity index (χ1n) is 13.1. The van der Waals surface area contributed by atoms with Crippen molar-refractivity contribution in [3.8, 4) is 0 Å². The minimum Gasteiger partial charge on any atom is -0.372 e. The second kappa shape index (κ2) is 10.5. The van der Waals surface area contributed by atoms with E-state index in [1.54, 1.807) is 20.5 Å². The lowest BCUT2D eigenvalue weighted by Gasteiger charge is -2.35. The van der Waals surface area contributed by atoms with Gasteiger partial charge < -0.3 is 14.5 Å². The molecular formula is C27H33F3N4O3. The van der Waals surface area contributed by atoms with Crippen molar-refractivity contribution in [1.29, 1.82) is 0 Å². The van der Waals surface area contributed by atoms with Gasteiger partial charge in [0, 0.05) is 37.4 Å². The van der Waals surface area contributed by atoms with Gasteiger partial charge in [0.1, 0.15) is 12.4 Å². The second-order valence-corrected chi connectivity index (χ2v) is 10.5. The Balaban J connectivity index is 1.24. The molecule has 0 bridgehead atoms. The summed E-state index contributed by atoms with van der Waals surface area (Å²) in [6, 6.07) is 3.92. The van der Waals surface area contributed by atoms with Crippen molar-refractivity contribution in [2.75, 3.05) is 26.2 Å². The normalized spacial score (nSPS) is 22.5. The number of hydrogen-bond donors (Lipinski definition) is 0. The fraction of sp³-hybridized carbons (Fsp3) is 0.593. The Bertz CT molecular complexity index is 1170. The Morgan fingerprint density at radius 3 is 2.46 bits per heavy atom. The molecule has 0 spiro atoms. The molecule has 1 aromatic carbocycles. The Labute approximate surface area is 214 Å². The van der Waals surface area contributed by atoms with E-state index in [-0.39, 0.29) is 36.5 Å². The molecule has 2 aliphatic heterocycles. The minimum absolute atomic E-state index is 0.00127. The zero-order chi connectivity index (χ0) is 26.3. The number of carbonyl (C=O) groups excluding carboxylic acids is 2. The summed E-state index contributed by atoms with van der Waals surface area (Å²) < 4.78 is 47.3. The van der Waals surface area contributed by atoms with Crippen LogP contribution in [-0.2, 0) is 28.9 Å². The lowest BCUT2D eigenvalue weighted by Crippen LogP contribution is -2.48. The SMILES string of the molecule is C[C@@H]1CN(C(=O)c2nn(CC(=O)N3CCC(c4ccc(F)c(C(F)F)c4)CC3)c3c2CCC3)C[C@H](C)O1. The third-order valence-corrected chi connectivity index (χ3v) is 7.78. The van der Waals surface area contributed by atoms with Gasteiger partial charge in [0.2, 0.25) is 5.91 Å². The van der Waals surface area contributed by atoms with E-state index in [4.69, 9.17) is 4.74 Å². The van der Waals surface area contributed by atoms with E-state index < -0.39 is 17.8 Å². The van der Waals surface area contributed by atoms with Gasteiger partial charge in [-0.25, -0.2) is 13.2 Å². The summed E-state index contributed by atoms with van der Waals surface area (Å²) in [6.45, 7) is 6.00. The number of alkyl halides is 2. The van der Waals surface area contributed by atoms with E-state index in [2.05, 4.69) is 5.10 Å². The second-order valence-electron chi connectivity index (χ2n) is 10.5. The molecule has 1 aromatic heterocycles. The summed E-state index contributed by atoms with van der Waals surface area (Å²) in [6.07, 6.45) is 0.809. The Kier molecular flexibility index (Phi) is 7.29. The number of likely N-dealkylation sites (tertiary alicyclic amines) is 1. The standard InChI is InChI=1S/C27H33F3N4O3/c1-16-13-33(14-17(2)37-16)27(36)25-20-4-3-5-23(20)34(31-25)15-24(35)32-10-8-18(9-11-32)19-6-7-22(28)21(12-19)26(29)30/h6-7,12,16-18,26H,3-5,8-11,13-15H2,1-2H3/t16-,17+. The predicted molar refractivity (Wildman–Crippen MR) is 130 cm³/mol. The highest BCUT2D eigenvalue weighted by molar-refractivity contribution is 5.94. The number of hydrogen-bond acceptors (Lipinski definition) is 4. The van der Waals surface area contributed by atoms with Crippen LogP contribution in [0.25, 0.3) is 0 Å². The number of halogens is 3. The molecule has 2 atom stereocenters. The molecule has 2 aromatic rings. The first kappa shape index (κ1) is 25.8. The third kappa shape index (κ3) is 5.26. The molecule has 0 saturated carbocycles. The van der Waals surface area contributed by atoms with E-state index in [1.165, 1.54) is 6.07 Å². The van der Waals surface area contributed by atoms with Crippen LogP contribution in [0, 0.1) is 5.82 Å². The summed E-state index contributed by atoms with van der Waals surface area (Å²) in [5, 5.41) is 4.62. The van der Waals surface area contributed by atoms with Gasteiger partial charge in [0.05, 0.1) is 17.8 Å². The number of nitrogens with zero attached hydrogens (tertiary/aromatic N) is 4. The molecule has 37 heavy (non-hydrogen) atoms. The average Bonchev–Trinajstić information content (AvgIpc) is 3.47. The van der Waals surface area contributed by atoms with Crippen molar-refractivity contribution in [1.82, 2.24) is 19.6 Å². The first-order valence-corrected chi connectivity index (χ1v) is 13.1. The van der Waals surface area contributed by atoms with E-state index in [0.717, 1.165) is 36.6 Å². The minimum atomic E-state index is -2.86. The van der Waals surface area contributed by atoms with Gasteiger partial charge in [0.25, 0.3) is 12.3 Å². The molecule has 3 aliphatic rings. The lowest BCUT2D eigenvalue weighted by molar-refractivity contribution is -0.133. The monoisotopic (exact) mass is 518 g/mol. The van der Waals surface area contributed by atoms with Crippen molar-refractivity contribution in [2.24, 2.45) is 0 Å². The zero-order valence-corrected chi connectivity index (χ0v) is 21.3. The van der Waals surface area contributed by atoms with Crippen LogP contribution in [0.4, 0.5) is 13.2 Å². The lowest BCUT2D eigenvalue weighted by atomic mass is 9.88. The van der Waals surface area contributed by atoms with Crippen LogP contribution in [0.2, 0.25) is 0 Å². The van der Waals surface area contributed by atoms with E-state index in [1.807, 2.05) is 13.8 Å². The molecule has 0 unspecified atom stereocenters. The molecule has 2 amide bonds. The van der Waals surface area contributed by atoms with E-state index in [9.17, 15) is 22.8 Å². The van der Waals surface area contributed by atoms with Crippen molar-refractivity contribution in [3.63, 3.8) is 0 Å². The number of benzene rings is 1. The van der Waals surface area contributed by atoms with Crippen molar-refractivity contribution in [2.45, 2.75) is 77.0 Å². The largest absolute Gasteiger partial charge is 0.372 e. The third-order valence-electron chi connectivity index (χ3n) is 7.78. The average molecular weight is 519 g/mol. The molecule has 3 heterocycles. The van der Waals surface area contributed by atoms with Gasteiger partial charge in [-0.05, 0) is 69.6 Å². The molecular weight excluding hydrogens is 485 g/mol. The Morgan fingerprint density at radius 2 is 1.78 bits per heavy atom. The van der Waals surface area contributed by atoms with Crippen LogP contribution in [0.3, 0.4) is 0 Å². The van der Waals surface area contributed by atoms with E-state index >= 15 is 0 Å². The van der Waals surface area contributed by atoms with Crippen LogP contribution in [-0.4, -0.2) is 69.8 Å². The summed E-state index contributed by atoms with van der Waals surface area (Å²) in [4.78, 5) is 30.1. The molecule has 2 fully saturated rings. The summed E-state index contributed by atoms with van der Waals surface area (Å²) >= 11 is 0. The maximum atomic E-state index is 13.7. The quantitative estimate of drug-likeness (QED) is 0.598. The molecule has 0 radical (unpaired) electrons. The van der Waals surface area contributed by atoms with Crippen LogP contribution < -0.4 is 0 Å². The predicted octanol–water partition coefficient (Wildman–Crippen LogP) is 4.10. The van der Waals surface area contributed by atoms with Crippen molar-refractivity contribution >= 4 is 11.8 Å². The maximum Gasteiger partial charge on any atom is 0.274 e. The highest BCUT2D eigenvalue weighted by Crippen LogP contribution is 2.32. The fourth-order valence-corrected chi connectivity index (χ4v) is 5.98. The number of piperidine rings is 1. The van der Waals surface area contributed by atoms with E-state index in [0.29, 0.717) is 50.3 Å². The number of carbonyl (C=O) groups is 2. The van der Waals surface area contributed by atoms with Gasteiger partial charge in [-0.1, -0.05) is 6.07 Å². The number of morpholine rings is 1. The maximum absolute atomic E-state index is 13.7. The molecule has 2 saturated heterocycles.